The van der Waals surface area contributed by atoms with Crippen LogP contribution in [0.1, 0.15) is 25.2 Å². The predicted molar refractivity (Wildman–Crippen MR) is 120 cm³/mol. The first-order valence-electron chi connectivity index (χ1n) is 9.59. The molecule has 0 aliphatic carbocycles. The Morgan fingerprint density at radius 3 is 2.50 bits per heavy atom. The number of anilines is 1. The van der Waals surface area contributed by atoms with Crippen LogP contribution in [0, 0.1) is 13.8 Å². The number of amides is 1. The van der Waals surface area contributed by atoms with E-state index in [-0.39, 0.29) is 5.91 Å². The van der Waals surface area contributed by atoms with Crippen LogP contribution in [0.3, 0.4) is 0 Å². The van der Waals surface area contributed by atoms with E-state index >= 15 is 0 Å². The molecule has 0 unspecified atom stereocenters. The summed E-state index contributed by atoms with van der Waals surface area (Å²) in [6.07, 6.45) is 0. The van der Waals surface area contributed by atoms with Crippen LogP contribution in [0.2, 0.25) is 0 Å². The molecule has 152 valence electrons. The molecule has 4 rings (SSSR count). The van der Waals surface area contributed by atoms with Gasteiger partial charge in [-0.15, -0.1) is 0 Å². The smallest absolute Gasteiger partial charge is 0.241 e. The SMILES string of the molecule is Cc1ccc2nc(-c3ccccc3)nc(SC(C)(C)C(=O)Nc3cc(C)on3)c2c1. The first kappa shape index (κ1) is 20.1. The Balaban J connectivity index is 1.72. The molecule has 2 heterocycles. The van der Waals surface area contributed by atoms with Gasteiger partial charge in [0.1, 0.15) is 10.8 Å². The first-order valence-corrected chi connectivity index (χ1v) is 10.4. The van der Waals surface area contributed by atoms with Crippen LogP contribution < -0.4 is 5.32 Å². The molecule has 0 aliphatic rings. The Kier molecular flexibility index (Phi) is 5.30. The number of nitrogens with one attached hydrogen (secondary N) is 1. The highest BCUT2D eigenvalue weighted by atomic mass is 32.2. The third-order valence-corrected chi connectivity index (χ3v) is 5.82. The Hall–Kier alpha value is -3.19. The van der Waals surface area contributed by atoms with E-state index in [1.54, 1.807) is 13.0 Å². The van der Waals surface area contributed by atoms with Gasteiger partial charge in [-0.25, -0.2) is 9.97 Å². The van der Waals surface area contributed by atoms with Crippen molar-refractivity contribution in [1.29, 1.82) is 0 Å². The van der Waals surface area contributed by atoms with Crippen LogP contribution in [0.15, 0.2) is 64.1 Å². The van der Waals surface area contributed by atoms with Gasteiger partial charge in [-0.1, -0.05) is 58.9 Å². The van der Waals surface area contributed by atoms with Crippen LogP contribution in [0.25, 0.3) is 22.3 Å². The molecule has 6 nitrogen and oxygen atoms in total. The van der Waals surface area contributed by atoms with Crippen molar-refractivity contribution >= 4 is 34.4 Å². The van der Waals surface area contributed by atoms with Gasteiger partial charge in [-0.2, -0.15) is 0 Å². The summed E-state index contributed by atoms with van der Waals surface area (Å²) in [5.74, 6) is 1.50. The van der Waals surface area contributed by atoms with Crippen LogP contribution in [0.4, 0.5) is 5.82 Å². The minimum atomic E-state index is -0.800. The van der Waals surface area contributed by atoms with Crippen molar-refractivity contribution in [2.75, 3.05) is 5.32 Å². The molecule has 30 heavy (non-hydrogen) atoms. The number of carbonyl (C=O) groups is 1. The fourth-order valence-corrected chi connectivity index (χ4v) is 4.02. The molecule has 0 saturated heterocycles. The normalized spacial score (nSPS) is 11.6. The van der Waals surface area contributed by atoms with Crippen molar-refractivity contribution in [2.45, 2.75) is 37.5 Å². The lowest BCUT2D eigenvalue weighted by Gasteiger charge is -2.22. The zero-order valence-electron chi connectivity index (χ0n) is 17.3. The molecule has 0 radical (unpaired) electrons. The minimum absolute atomic E-state index is 0.179. The second-order valence-electron chi connectivity index (χ2n) is 7.63. The van der Waals surface area contributed by atoms with E-state index in [0.29, 0.717) is 17.4 Å². The summed E-state index contributed by atoms with van der Waals surface area (Å²) in [7, 11) is 0. The summed E-state index contributed by atoms with van der Waals surface area (Å²) >= 11 is 1.41. The van der Waals surface area contributed by atoms with Gasteiger partial charge < -0.3 is 9.84 Å². The summed E-state index contributed by atoms with van der Waals surface area (Å²) in [6, 6.07) is 17.6. The van der Waals surface area contributed by atoms with E-state index in [0.717, 1.165) is 27.1 Å². The number of hydrogen-bond acceptors (Lipinski definition) is 6. The lowest BCUT2D eigenvalue weighted by atomic mass is 10.1. The number of benzene rings is 2. The fourth-order valence-electron chi connectivity index (χ4n) is 2.99. The summed E-state index contributed by atoms with van der Waals surface area (Å²) in [6.45, 7) is 7.55. The van der Waals surface area contributed by atoms with E-state index in [1.165, 1.54) is 11.8 Å². The maximum absolute atomic E-state index is 12.9. The molecular formula is C23H22N4O2S. The molecule has 2 aromatic heterocycles. The summed E-state index contributed by atoms with van der Waals surface area (Å²) < 4.78 is 4.24. The Morgan fingerprint density at radius 2 is 1.80 bits per heavy atom. The topological polar surface area (TPSA) is 80.9 Å². The third-order valence-electron chi connectivity index (χ3n) is 4.62. The third kappa shape index (κ3) is 4.21. The molecule has 2 aromatic carbocycles. The standard InChI is InChI=1S/C23H22N4O2S/c1-14-10-11-18-17(12-14)21(26-20(24-18)16-8-6-5-7-9-16)30-23(3,4)22(28)25-19-13-15(2)29-27-19/h5-13H,1-4H3,(H,25,27,28). The number of aromatic nitrogens is 3. The number of fused-ring (bicyclic) bond motifs is 1. The van der Waals surface area contributed by atoms with Crippen LogP contribution in [0.5, 0.6) is 0 Å². The summed E-state index contributed by atoms with van der Waals surface area (Å²) in [5.41, 5.74) is 2.89. The number of rotatable bonds is 5. The number of aryl methyl sites for hydroxylation is 2. The fraction of sp³-hybridized carbons (Fsp3) is 0.217. The maximum atomic E-state index is 12.9. The largest absolute Gasteiger partial charge is 0.360 e. The Bertz CT molecular complexity index is 1220. The number of carbonyl (C=O) groups excluding carboxylic acids is 1. The number of thioether (sulfide) groups is 1. The van der Waals surface area contributed by atoms with Crippen molar-refractivity contribution in [3.63, 3.8) is 0 Å². The molecule has 7 heteroatoms. The quantitative estimate of drug-likeness (QED) is 0.345. The van der Waals surface area contributed by atoms with Gasteiger partial charge in [0, 0.05) is 17.0 Å². The van der Waals surface area contributed by atoms with Gasteiger partial charge >= 0.3 is 0 Å². The molecule has 1 N–H and O–H groups in total. The van der Waals surface area contributed by atoms with Crippen molar-refractivity contribution in [3.8, 4) is 11.4 Å². The van der Waals surface area contributed by atoms with E-state index < -0.39 is 4.75 Å². The zero-order chi connectivity index (χ0) is 21.3. The Morgan fingerprint density at radius 1 is 1.03 bits per heavy atom. The summed E-state index contributed by atoms with van der Waals surface area (Å²) in [4.78, 5) is 22.5. The van der Waals surface area contributed by atoms with Gasteiger partial charge in [0.2, 0.25) is 5.91 Å². The molecule has 0 spiro atoms. The average molecular weight is 419 g/mol. The van der Waals surface area contributed by atoms with E-state index in [4.69, 9.17) is 14.5 Å². The highest BCUT2D eigenvalue weighted by Gasteiger charge is 2.31. The lowest BCUT2D eigenvalue weighted by molar-refractivity contribution is -0.117. The minimum Gasteiger partial charge on any atom is -0.360 e. The number of hydrogen-bond donors (Lipinski definition) is 1. The molecular weight excluding hydrogens is 396 g/mol. The predicted octanol–water partition coefficient (Wildman–Crippen LogP) is 5.41. The zero-order valence-corrected chi connectivity index (χ0v) is 18.1. The van der Waals surface area contributed by atoms with E-state index in [2.05, 4.69) is 16.5 Å². The maximum Gasteiger partial charge on any atom is 0.241 e. The highest BCUT2D eigenvalue weighted by Crippen LogP contribution is 2.37. The van der Waals surface area contributed by atoms with Crippen LogP contribution in [-0.4, -0.2) is 25.8 Å². The van der Waals surface area contributed by atoms with Crippen molar-refractivity contribution in [3.05, 3.63) is 65.9 Å². The summed E-state index contributed by atoms with van der Waals surface area (Å²) in [5, 5.41) is 8.36. The van der Waals surface area contributed by atoms with Crippen molar-refractivity contribution in [2.24, 2.45) is 0 Å². The highest BCUT2D eigenvalue weighted by molar-refractivity contribution is 8.01. The van der Waals surface area contributed by atoms with Gasteiger partial charge in [0.05, 0.1) is 10.3 Å². The van der Waals surface area contributed by atoms with Crippen molar-refractivity contribution in [1.82, 2.24) is 15.1 Å². The molecule has 0 saturated carbocycles. The van der Waals surface area contributed by atoms with Crippen LogP contribution in [-0.2, 0) is 4.79 Å². The second-order valence-corrected chi connectivity index (χ2v) is 9.24. The van der Waals surface area contributed by atoms with Crippen LogP contribution >= 0.6 is 11.8 Å². The number of nitrogens with zero attached hydrogens (tertiary/aromatic N) is 3. The second kappa shape index (κ2) is 7.91. The molecule has 0 aliphatic heterocycles. The van der Waals surface area contributed by atoms with Gasteiger partial charge in [0.25, 0.3) is 0 Å². The van der Waals surface area contributed by atoms with Crippen molar-refractivity contribution < 1.29 is 9.32 Å². The Labute approximate surface area is 179 Å². The average Bonchev–Trinajstić information content (AvgIpc) is 3.13. The molecule has 1 amide bonds. The monoisotopic (exact) mass is 418 g/mol. The van der Waals surface area contributed by atoms with Gasteiger partial charge in [-0.3, -0.25) is 4.79 Å². The van der Waals surface area contributed by atoms with Gasteiger partial charge in [0.15, 0.2) is 11.6 Å². The molecule has 4 aromatic rings. The van der Waals surface area contributed by atoms with E-state index in [9.17, 15) is 4.79 Å². The molecule has 0 bridgehead atoms. The van der Waals surface area contributed by atoms with Gasteiger partial charge in [-0.05, 0) is 39.8 Å². The molecule has 0 atom stereocenters. The van der Waals surface area contributed by atoms with E-state index in [1.807, 2.05) is 63.2 Å². The lowest BCUT2D eigenvalue weighted by Crippen LogP contribution is -2.34. The molecule has 0 fully saturated rings. The first-order chi connectivity index (χ1) is 14.3.